The Balaban J connectivity index is 0.000000810. The second-order valence-electron chi connectivity index (χ2n) is 1.66. The summed E-state index contributed by atoms with van der Waals surface area (Å²) in [6, 6.07) is 0. The summed E-state index contributed by atoms with van der Waals surface area (Å²) in [6.45, 7) is 0. The summed E-state index contributed by atoms with van der Waals surface area (Å²) < 4.78 is 1.50. The number of hydrogen-bond acceptors (Lipinski definition) is 3. The van der Waals surface area contributed by atoms with Gasteiger partial charge in [0.15, 0.2) is 5.84 Å². The predicted molar refractivity (Wildman–Crippen MR) is 39.3 cm³/mol. The van der Waals surface area contributed by atoms with Crippen LogP contribution in [0.25, 0.3) is 0 Å². The highest BCUT2D eigenvalue weighted by Crippen LogP contribution is 1.82. The van der Waals surface area contributed by atoms with Crippen LogP contribution in [0.15, 0.2) is 6.33 Å². The third-order valence-corrected chi connectivity index (χ3v) is 0.840. The van der Waals surface area contributed by atoms with Crippen molar-refractivity contribution in [3.05, 3.63) is 12.2 Å². The molecule has 6 heteroatoms. The second-order valence-corrected chi connectivity index (χ2v) is 1.66. The van der Waals surface area contributed by atoms with Crippen molar-refractivity contribution >= 4 is 18.2 Å². The van der Waals surface area contributed by atoms with Crippen molar-refractivity contribution in [3.63, 3.8) is 0 Å². The Labute approximate surface area is 64.2 Å². The van der Waals surface area contributed by atoms with Gasteiger partial charge in [0.1, 0.15) is 6.33 Å². The molecule has 0 radical (unpaired) electrons. The molecule has 1 rings (SSSR count). The van der Waals surface area contributed by atoms with Crippen molar-refractivity contribution < 1.29 is 0 Å². The van der Waals surface area contributed by atoms with Crippen LogP contribution in [-0.4, -0.2) is 20.6 Å². The number of nitrogen functional groups attached to an aromatic ring is 1. The van der Waals surface area contributed by atoms with Crippen molar-refractivity contribution in [2.45, 2.75) is 0 Å². The van der Waals surface area contributed by atoms with Crippen molar-refractivity contribution in [2.75, 3.05) is 0 Å². The molecule has 0 unspecified atom stereocenters. The maximum atomic E-state index is 6.89. The Morgan fingerprint density at radius 3 is 2.60 bits per heavy atom. The Kier molecular flexibility index (Phi) is 2.82. The van der Waals surface area contributed by atoms with E-state index in [4.69, 9.17) is 11.1 Å². The van der Waals surface area contributed by atoms with Crippen LogP contribution in [0.4, 0.5) is 0 Å². The summed E-state index contributed by atoms with van der Waals surface area (Å²) in [6.07, 6.45) is 1.50. The number of nitrogens with one attached hydrogen (secondary N) is 1. The zero-order valence-electron chi connectivity index (χ0n) is 5.40. The van der Waals surface area contributed by atoms with Gasteiger partial charge in [-0.1, -0.05) is 0 Å². The van der Waals surface area contributed by atoms with Gasteiger partial charge in [-0.2, -0.15) is 0 Å². The topological polar surface area (TPSA) is 80.6 Å². The van der Waals surface area contributed by atoms with Crippen molar-refractivity contribution in [1.29, 1.82) is 5.41 Å². The maximum Gasteiger partial charge on any atom is 0.215 e. The number of halogens is 1. The van der Waals surface area contributed by atoms with Crippen LogP contribution in [0.2, 0.25) is 0 Å². The minimum atomic E-state index is -0.101. The van der Waals surface area contributed by atoms with E-state index in [1.54, 1.807) is 7.05 Å². The molecule has 5 nitrogen and oxygen atoms in total. The fraction of sp³-hybridized carbons (Fsp3) is 0.250. The van der Waals surface area contributed by atoms with Crippen LogP contribution >= 0.6 is 12.4 Å². The van der Waals surface area contributed by atoms with E-state index in [1.807, 2.05) is 0 Å². The molecule has 0 saturated heterocycles. The fourth-order valence-corrected chi connectivity index (χ4v) is 0.463. The normalized spacial score (nSPS) is 8.50. The Morgan fingerprint density at radius 2 is 2.40 bits per heavy atom. The number of amidine groups is 1. The molecule has 1 aromatic rings. The van der Waals surface area contributed by atoms with Gasteiger partial charge in [0.25, 0.3) is 0 Å². The highest BCUT2D eigenvalue weighted by Gasteiger charge is 1.98. The highest BCUT2D eigenvalue weighted by molar-refractivity contribution is 5.90. The van der Waals surface area contributed by atoms with Crippen LogP contribution in [-0.2, 0) is 7.05 Å². The van der Waals surface area contributed by atoms with Crippen LogP contribution in [0.1, 0.15) is 5.82 Å². The molecule has 0 aromatic carbocycles. The third kappa shape index (κ3) is 1.70. The standard InChI is InChI=1S/C4H7N5.ClH/c1-9-2-7-4(8-9)3(5)6;/h2H,1H3,(H3,5,6);1H. The van der Waals surface area contributed by atoms with E-state index >= 15 is 0 Å². The minimum Gasteiger partial charge on any atom is -0.381 e. The van der Waals surface area contributed by atoms with Gasteiger partial charge in [-0.3, -0.25) is 10.1 Å². The molecular weight excluding hydrogens is 154 g/mol. The first kappa shape index (κ1) is 8.90. The zero-order chi connectivity index (χ0) is 6.85. The molecule has 3 N–H and O–H groups in total. The monoisotopic (exact) mass is 161 g/mol. The summed E-state index contributed by atoms with van der Waals surface area (Å²) in [4.78, 5) is 3.72. The molecule has 0 aliphatic heterocycles. The number of nitrogens with two attached hydrogens (primary N) is 1. The average molecular weight is 162 g/mol. The maximum absolute atomic E-state index is 6.89. The van der Waals surface area contributed by atoms with Gasteiger partial charge in [-0.15, -0.1) is 17.5 Å². The van der Waals surface area contributed by atoms with E-state index in [0.717, 1.165) is 0 Å². The molecule has 0 spiro atoms. The van der Waals surface area contributed by atoms with E-state index in [-0.39, 0.29) is 24.1 Å². The van der Waals surface area contributed by atoms with Crippen LogP contribution in [0.3, 0.4) is 0 Å². The lowest BCUT2D eigenvalue weighted by molar-refractivity contribution is 0.762. The molecule has 0 aliphatic rings. The number of nitrogens with zero attached hydrogens (tertiary/aromatic N) is 3. The van der Waals surface area contributed by atoms with Crippen LogP contribution < -0.4 is 5.73 Å². The summed E-state index contributed by atoms with van der Waals surface area (Å²) >= 11 is 0. The molecule has 0 fully saturated rings. The third-order valence-electron chi connectivity index (χ3n) is 0.840. The van der Waals surface area contributed by atoms with Gasteiger partial charge in [0.2, 0.25) is 5.82 Å². The minimum absolute atomic E-state index is 0. The SMILES string of the molecule is Cl.Cn1cnc(C(=N)N)n1. The van der Waals surface area contributed by atoms with Gasteiger partial charge in [0.05, 0.1) is 0 Å². The van der Waals surface area contributed by atoms with Crippen LogP contribution in [0.5, 0.6) is 0 Å². The summed E-state index contributed by atoms with van der Waals surface area (Å²) in [7, 11) is 1.72. The van der Waals surface area contributed by atoms with Gasteiger partial charge in [-0.25, -0.2) is 4.98 Å². The molecule has 0 saturated carbocycles. The smallest absolute Gasteiger partial charge is 0.215 e. The molecule has 0 bridgehead atoms. The van der Waals surface area contributed by atoms with Crippen LogP contribution in [0, 0.1) is 5.41 Å². The Morgan fingerprint density at radius 1 is 1.80 bits per heavy atom. The van der Waals surface area contributed by atoms with Crippen molar-refractivity contribution in [3.8, 4) is 0 Å². The van der Waals surface area contributed by atoms with E-state index in [2.05, 4.69) is 10.1 Å². The summed E-state index contributed by atoms with van der Waals surface area (Å²) in [5.41, 5.74) is 5.07. The van der Waals surface area contributed by atoms with Crippen molar-refractivity contribution in [1.82, 2.24) is 14.8 Å². The second kappa shape index (κ2) is 3.17. The van der Waals surface area contributed by atoms with Gasteiger partial charge in [0, 0.05) is 7.05 Å². The summed E-state index contributed by atoms with van der Waals surface area (Å²) in [5, 5.41) is 10.7. The Bertz CT molecular complexity index is 229. The fourth-order valence-electron chi connectivity index (χ4n) is 0.463. The predicted octanol–water partition coefficient (Wildman–Crippen LogP) is -0.479. The first-order chi connectivity index (χ1) is 4.20. The largest absolute Gasteiger partial charge is 0.381 e. The lowest BCUT2D eigenvalue weighted by Gasteiger charge is -1.84. The van der Waals surface area contributed by atoms with E-state index in [9.17, 15) is 0 Å². The molecule has 0 amide bonds. The lowest BCUT2D eigenvalue weighted by atomic mass is 10.6. The number of aryl methyl sites for hydroxylation is 1. The molecule has 0 atom stereocenters. The zero-order valence-corrected chi connectivity index (χ0v) is 6.22. The first-order valence-corrected chi connectivity index (χ1v) is 2.40. The van der Waals surface area contributed by atoms with Gasteiger partial charge < -0.3 is 5.73 Å². The number of hydrogen-bond donors (Lipinski definition) is 2. The average Bonchev–Trinajstić information content (AvgIpc) is 2.14. The number of rotatable bonds is 1. The van der Waals surface area contributed by atoms with E-state index < -0.39 is 0 Å². The quantitative estimate of drug-likeness (QED) is 0.431. The van der Waals surface area contributed by atoms with E-state index in [1.165, 1.54) is 11.0 Å². The first-order valence-electron chi connectivity index (χ1n) is 2.40. The molecule has 1 aromatic heterocycles. The lowest BCUT2D eigenvalue weighted by Crippen LogP contribution is -2.13. The molecule has 1 heterocycles. The van der Waals surface area contributed by atoms with Gasteiger partial charge >= 0.3 is 0 Å². The number of aromatic nitrogens is 3. The molecule has 56 valence electrons. The highest BCUT2D eigenvalue weighted by atomic mass is 35.5. The molecule has 0 aliphatic carbocycles. The molecule has 10 heavy (non-hydrogen) atoms. The Hall–Kier alpha value is -1.10. The summed E-state index contributed by atoms with van der Waals surface area (Å²) in [5.74, 6) is 0.174. The van der Waals surface area contributed by atoms with Crippen molar-refractivity contribution in [2.24, 2.45) is 12.8 Å². The van der Waals surface area contributed by atoms with Gasteiger partial charge in [-0.05, 0) is 0 Å². The van der Waals surface area contributed by atoms with E-state index in [0.29, 0.717) is 0 Å². The molecular formula is C4H8ClN5.